The van der Waals surface area contributed by atoms with Crippen molar-refractivity contribution in [2.24, 2.45) is 5.92 Å². The zero-order valence-corrected chi connectivity index (χ0v) is 10.7. The van der Waals surface area contributed by atoms with Crippen LogP contribution in [0.1, 0.15) is 28.8 Å². The summed E-state index contributed by atoms with van der Waals surface area (Å²) in [6.45, 7) is 4.53. The number of carbonyl (C=O) groups excluding carboxylic acids is 1. The highest BCUT2D eigenvalue weighted by Crippen LogP contribution is 2.15. The molecular formula is C15H18O4. The number of benzene rings is 1. The third-order valence-corrected chi connectivity index (χ3v) is 2.94. The third-order valence-electron chi connectivity index (χ3n) is 2.94. The summed E-state index contributed by atoms with van der Waals surface area (Å²) in [5.41, 5.74) is 1.36. The Morgan fingerprint density at radius 1 is 1.37 bits per heavy atom. The lowest BCUT2D eigenvalue weighted by Crippen LogP contribution is -2.09. The molecule has 0 amide bonds. The number of rotatable bonds is 9. The lowest BCUT2D eigenvalue weighted by molar-refractivity contribution is -0.130. The standard InChI is InChI=1S/C15H18O4/c1-2-3-13(10-19-11-16)5-4-12-6-8-14(9-7-12)15(17)18/h2,6-9,11,13H,1,3-5,10H2,(H,17,18). The Morgan fingerprint density at radius 2 is 2.05 bits per heavy atom. The summed E-state index contributed by atoms with van der Waals surface area (Å²) < 4.78 is 4.78. The molecule has 1 unspecified atom stereocenters. The number of aryl methyl sites for hydroxylation is 1. The zero-order chi connectivity index (χ0) is 14.1. The molecule has 1 aromatic carbocycles. The quantitative estimate of drug-likeness (QED) is 0.549. The van der Waals surface area contributed by atoms with E-state index in [1.54, 1.807) is 12.1 Å². The van der Waals surface area contributed by atoms with Crippen LogP contribution in [0, 0.1) is 5.92 Å². The Kier molecular flexibility index (Phi) is 6.36. The van der Waals surface area contributed by atoms with Crippen LogP contribution < -0.4 is 0 Å². The van der Waals surface area contributed by atoms with E-state index in [1.165, 1.54) is 0 Å². The van der Waals surface area contributed by atoms with E-state index in [0.717, 1.165) is 24.8 Å². The van der Waals surface area contributed by atoms with Crippen molar-refractivity contribution < 1.29 is 19.4 Å². The van der Waals surface area contributed by atoms with Gasteiger partial charge >= 0.3 is 5.97 Å². The van der Waals surface area contributed by atoms with Crippen LogP contribution in [-0.2, 0) is 16.0 Å². The van der Waals surface area contributed by atoms with Crippen LogP contribution in [0.5, 0.6) is 0 Å². The molecule has 0 radical (unpaired) electrons. The molecule has 0 fully saturated rings. The van der Waals surface area contributed by atoms with Gasteiger partial charge in [0.25, 0.3) is 6.47 Å². The van der Waals surface area contributed by atoms with Gasteiger partial charge in [-0.15, -0.1) is 6.58 Å². The highest BCUT2D eigenvalue weighted by atomic mass is 16.5. The monoisotopic (exact) mass is 262 g/mol. The minimum Gasteiger partial charge on any atom is -0.478 e. The summed E-state index contributed by atoms with van der Waals surface area (Å²) in [5, 5.41) is 8.80. The largest absolute Gasteiger partial charge is 0.478 e. The maximum atomic E-state index is 10.7. The number of carboxylic acid groups (broad SMARTS) is 1. The minimum atomic E-state index is -0.921. The van der Waals surface area contributed by atoms with Crippen LogP contribution in [0.3, 0.4) is 0 Å². The van der Waals surface area contributed by atoms with Gasteiger partial charge in [-0.3, -0.25) is 4.79 Å². The zero-order valence-electron chi connectivity index (χ0n) is 10.7. The van der Waals surface area contributed by atoms with Crippen molar-refractivity contribution in [3.05, 3.63) is 48.0 Å². The Labute approximate surface area is 112 Å². The first-order valence-corrected chi connectivity index (χ1v) is 6.15. The summed E-state index contributed by atoms with van der Waals surface area (Å²) in [6.07, 6.45) is 4.29. The van der Waals surface area contributed by atoms with Crippen LogP contribution in [-0.4, -0.2) is 24.2 Å². The molecule has 0 aromatic heterocycles. The molecule has 0 heterocycles. The van der Waals surface area contributed by atoms with Crippen molar-refractivity contribution in [2.45, 2.75) is 19.3 Å². The number of ether oxygens (including phenoxy) is 1. The molecule has 0 aliphatic carbocycles. The SMILES string of the molecule is C=CCC(CCc1ccc(C(=O)O)cc1)COC=O. The molecule has 0 aliphatic rings. The average Bonchev–Trinajstić information content (AvgIpc) is 2.42. The molecule has 1 rings (SSSR count). The molecule has 0 saturated carbocycles. The predicted molar refractivity (Wildman–Crippen MR) is 72.0 cm³/mol. The number of allylic oxidation sites excluding steroid dienone is 1. The highest BCUT2D eigenvalue weighted by molar-refractivity contribution is 5.87. The molecule has 19 heavy (non-hydrogen) atoms. The van der Waals surface area contributed by atoms with Gasteiger partial charge in [-0.05, 0) is 42.9 Å². The van der Waals surface area contributed by atoms with Crippen LogP contribution in [0.15, 0.2) is 36.9 Å². The van der Waals surface area contributed by atoms with E-state index in [9.17, 15) is 9.59 Å². The average molecular weight is 262 g/mol. The van der Waals surface area contributed by atoms with E-state index in [-0.39, 0.29) is 11.5 Å². The van der Waals surface area contributed by atoms with Gasteiger partial charge in [0, 0.05) is 0 Å². The summed E-state index contributed by atoms with van der Waals surface area (Å²) in [6, 6.07) is 6.83. The van der Waals surface area contributed by atoms with E-state index in [0.29, 0.717) is 13.1 Å². The molecule has 1 atom stereocenters. The Bertz CT molecular complexity index is 422. The fourth-order valence-corrected chi connectivity index (χ4v) is 1.87. The van der Waals surface area contributed by atoms with Gasteiger partial charge in [0.15, 0.2) is 0 Å². The second-order valence-corrected chi connectivity index (χ2v) is 4.36. The first-order valence-electron chi connectivity index (χ1n) is 6.15. The molecule has 0 bridgehead atoms. The van der Waals surface area contributed by atoms with Crippen LogP contribution in [0.4, 0.5) is 0 Å². The van der Waals surface area contributed by atoms with E-state index >= 15 is 0 Å². The van der Waals surface area contributed by atoms with Crippen LogP contribution >= 0.6 is 0 Å². The number of carbonyl (C=O) groups is 2. The van der Waals surface area contributed by atoms with Crippen LogP contribution in [0.2, 0.25) is 0 Å². The van der Waals surface area contributed by atoms with Crippen LogP contribution in [0.25, 0.3) is 0 Å². The normalized spacial score (nSPS) is 11.6. The van der Waals surface area contributed by atoms with Crippen molar-refractivity contribution in [1.82, 2.24) is 0 Å². The number of aromatic carboxylic acids is 1. The van der Waals surface area contributed by atoms with Crippen molar-refractivity contribution in [3.63, 3.8) is 0 Å². The van der Waals surface area contributed by atoms with Gasteiger partial charge in [0.1, 0.15) is 0 Å². The number of carboxylic acids is 1. The highest BCUT2D eigenvalue weighted by Gasteiger charge is 2.08. The van der Waals surface area contributed by atoms with Crippen molar-refractivity contribution >= 4 is 12.4 Å². The topological polar surface area (TPSA) is 63.6 Å². The lowest BCUT2D eigenvalue weighted by Gasteiger charge is -2.13. The Morgan fingerprint density at radius 3 is 2.58 bits per heavy atom. The fraction of sp³-hybridized carbons (Fsp3) is 0.333. The maximum Gasteiger partial charge on any atom is 0.335 e. The van der Waals surface area contributed by atoms with E-state index in [1.807, 2.05) is 18.2 Å². The van der Waals surface area contributed by atoms with Crippen molar-refractivity contribution in [3.8, 4) is 0 Å². The van der Waals surface area contributed by atoms with Gasteiger partial charge < -0.3 is 9.84 Å². The molecule has 4 nitrogen and oxygen atoms in total. The molecule has 102 valence electrons. The predicted octanol–water partition coefficient (Wildman–Crippen LogP) is 2.68. The molecule has 1 aromatic rings. The molecule has 0 spiro atoms. The lowest BCUT2D eigenvalue weighted by atomic mass is 9.97. The smallest absolute Gasteiger partial charge is 0.335 e. The molecule has 0 saturated heterocycles. The first kappa shape index (κ1) is 15.0. The van der Waals surface area contributed by atoms with Gasteiger partial charge in [0.2, 0.25) is 0 Å². The van der Waals surface area contributed by atoms with E-state index in [4.69, 9.17) is 9.84 Å². The minimum absolute atomic E-state index is 0.252. The molecule has 4 heteroatoms. The first-order chi connectivity index (χ1) is 9.17. The number of hydrogen-bond donors (Lipinski definition) is 1. The second kappa shape index (κ2) is 8.08. The fourth-order valence-electron chi connectivity index (χ4n) is 1.87. The van der Waals surface area contributed by atoms with Crippen molar-refractivity contribution in [1.29, 1.82) is 0 Å². The third kappa shape index (κ3) is 5.38. The van der Waals surface area contributed by atoms with Gasteiger partial charge in [0.05, 0.1) is 12.2 Å². The Hall–Kier alpha value is -2.10. The number of hydrogen-bond acceptors (Lipinski definition) is 3. The van der Waals surface area contributed by atoms with E-state index < -0.39 is 5.97 Å². The van der Waals surface area contributed by atoms with Crippen molar-refractivity contribution in [2.75, 3.05) is 6.61 Å². The summed E-state index contributed by atoms with van der Waals surface area (Å²) in [7, 11) is 0. The van der Waals surface area contributed by atoms with E-state index in [2.05, 4.69) is 6.58 Å². The van der Waals surface area contributed by atoms with Gasteiger partial charge in [-0.2, -0.15) is 0 Å². The van der Waals surface area contributed by atoms with Gasteiger partial charge in [-0.1, -0.05) is 18.2 Å². The summed E-state index contributed by atoms with van der Waals surface area (Å²) in [5.74, 6) is -0.669. The Balaban J connectivity index is 2.50. The molecular weight excluding hydrogens is 244 g/mol. The molecule has 0 aliphatic heterocycles. The second-order valence-electron chi connectivity index (χ2n) is 4.36. The summed E-state index contributed by atoms with van der Waals surface area (Å²) >= 11 is 0. The maximum absolute atomic E-state index is 10.7. The van der Waals surface area contributed by atoms with Gasteiger partial charge in [-0.25, -0.2) is 4.79 Å². The summed E-state index contributed by atoms with van der Waals surface area (Å²) in [4.78, 5) is 20.9. The molecule has 1 N–H and O–H groups in total.